The van der Waals surface area contributed by atoms with E-state index < -0.39 is 17.0 Å². The van der Waals surface area contributed by atoms with E-state index in [2.05, 4.69) is 15.9 Å². The van der Waals surface area contributed by atoms with E-state index in [1.54, 1.807) is 37.3 Å². The van der Waals surface area contributed by atoms with Crippen molar-refractivity contribution in [3.63, 3.8) is 0 Å². The van der Waals surface area contributed by atoms with Gasteiger partial charge >= 0.3 is 5.97 Å². The van der Waals surface area contributed by atoms with Gasteiger partial charge in [-0.3, -0.25) is 10.1 Å². The number of esters is 1. The summed E-state index contributed by atoms with van der Waals surface area (Å²) in [5, 5.41) is 10.8. The second-order valence-corrected chi connectivity index (χ2v) is 5.60. The van der Waals surface area contributed by atoms with Crippen LogP contribution in [0.15, 0.2) is 46.9 Å². The second-order valence-electron chi connectivity index (χ2n) is 4.75. The summed E-state index contributed by atoms with van der Waals surface area (Å²) in [6.07, 6.45) is -0.625. The minimum atomic E-state index is -0.625. The standard InChI is InChI=1S/C16H14BrNO5/c1-10(11-4-3-5-12(8-11)18(20)21)23-16(19)14-9-13(22-2)6-7-15(14)17/h3-10H,1-2H3/t10-/m0/s1. The van der Waals surface area contributed by atoms with Gasteiger partial charge in [-0.05, 0) is 46.6 Å². The number of nitro groups is 1. The Kier molecular flexibility index (Phi) is 5.33. The Morgan fingerprint density at radius 2 is 2.00 bits per heavy atom. The molecule has 23 heavy (non-hydrogen) atoms. The average Bonchev–Trinajstić information content (AvgIpc) is 2.55. The highest BCUT2D eigenvalue weighted by molar-refractivity contribution is 9.10. The molecule has 2 aromatic carbocycles. The maximum Gasteiger partial charge on any atom is 0.340 e. The van der Waals surface area contributed by atoms with E-state index in [9.17, 15) is 14.9 Å². The number of non-ortho nitro benzene ring substituents is 1. The normalized spacial score (nSPS) is 11.6. The van der Waals surface area contributed by atoms with E-state index in [0.717, 1.165) is 0 Å². The quantitative estimate of drug-likeness (QED) is 0.439. The zero-order chi connectivity index (χ0) is 17.0. The number of benzene rings is 2. The lowest BCUT2D eigenvalue weighted by atomic mass is 10.1. The van der Waals surface area contributed by atoms with Crippen molar-refractivity contribution in [1.29, 1.82) is 0 Å². The van der Waals surface area contributed by atoms with Crippen LogP contribution >= 0.6 is 15.9 Å². The number of carbonyl (C=O) groups excluding carboxylic acids is 1. The average molecular weight is 380 g/mol. The number of nitrogens with zero attached hydrogens (tertiary/aromatic N) is 1. The number of halogens is 1. The number of ether oxygens (including phenoxy) is 2. The second kappa shape index (κ2) is 7.23. The molecule has 7 heteroatoms. The fourth-order valence-electron chi connectivity index (χ4n) is 1.97. The number of carbonyl (C=O) groups is 1. The van der Waals surface area contributed by atoms with Crippen molar-refractivity contribution in [2.75, 3.05) is 7.11 Å². The lowest BCUT2D eigenvalue weighted by molar-refractivity contribution is -0.385. The van der Waals surface area contributed by atoms with Crippen LogP contribution in [0.5, 0.6) is 5.75 Å². The molecule has 2 rings (SSSR count). The van der Waals surface area contributed by atoms with Crippen LogP contribution in [0.2, 0.25) is 0 Å². The summed E-state index contributed by atoms with van der Waals surface area (Å²) >= 11 is 3.29. The summed E-state index contributed by atoms with van der Waals surface area (Å²) in [6, 6.07) is 11.0. The molecule has 0 saturated carbocycles. The Balaban J connectivity index is 2.20. The third-order valence-corrected chi connectivity index (χ3v) is 3.92. The van der Waals surface area contributed by atoms with Crippen LogP contribution < -0.4 is 4.74 Å². The predicted octanol–water partition coefficient (Wildman–Crippen LogP) is 4.28. The molecule has 0 aliphatic heterocycles. The molecule has 0 heterocycles. The molecule has 1 atom stereocenters. The van der Waals surface area contributed by atoms with Gasteiger partial charge in [0.2, 0.25) is 0 Å². The first-order chi connectivity index (χ1) is 10.9. The number of methoxy groups -OCH3 is 1. The first kappa shape index (κ1) is 17.0. The molecule has 0 N–H and O–H groups in total. The Morgan fingerprint density at radius 3 is 2.65 bits per heavy atom. The van der Waals surface area contributed by atoms with Crippen LogP contribution in [0.25, 0.3) is 0 Å². The molecule has 2 aromatic rings. The lowest BCUT2D eigenvalue weighted by Crippen LogP contribution is -2.10. The monoisotopic (exact) mass is 379 g/mol. The van der Waals surface area contributed by atoms with Gasteiger partial charge in [-0.15, -0.1) is 0 Å². The molecular weight excluding hydrogens is 366 g/mol. The SMILES string of the molecule is COc1ccc(Br)c(C(=O)O[C@@H](C)c2cccc([N+](=O)[O-])c2)c1. The largest absolute Gasteiger partial charge is 0.497 e. The Labute approximate surface area is 141 Å². The maximum absolute atomic E-state index is 12.3. The van der Waals surface area contributed by atoms with Crippen molar-refractivity contribution in [3.8, 4) is 5.75 Å². The van der Waals surface area contributed by atoms with Gasteiger partial charge in [-0.1, -0.05) is 12.1 Å². The van der Waals surface area contributed by atoms with E-state index in [-0.39, 0.29) is 5.69 Å². The van der Waals surface area contributed by atoms with Crippen molar-refractivity contribution in [2.24, 2.45) is 0 Å². The van der Waals surface area contributed by atoms with Gasteiger partial charge < -0.3 is 9.47 Å². The molecule has 0 saturated heterocycles. The smallest absolute Gasteiger partial charge is 0.340 e. The highest BCUT2D eigenvalue weighted by Crippen LogP contribution is 2.27. The molecule has 6 nitrogen and oxygen atoms in total. The van der Waals surface area contributed by atoms with Crippen LogP contribution in [0, 0.1) is 10.1 Å². The number of hydrogen-bond acceptors (Lipinski definition) is 5. The highest BCUT2D eigenvalue weighted by atomic mass is 79.9. The first-order valence-corrected chi connectivity index (χ1v) is 7.50. The summed E-state index contributed by atoms with van der Waals surface area (Å²) in [7, 11) is 1.50. The van der Waals surface area contributed by atoms with Gasteiger partial charge in [-0.25, -0.2) is 4.79 Å². The minimum Gasteiger partial charge on any atom is -0.497 e. The van der Waals surface area contributed by atoms with Crippen LogP contribution in [0.4, 0.5) is 5.69 Å². The molecule has 0 amide bonds. The third-order valence-electron chi connectivity index (χ3n) is 3.23. The first-order valence-electron chi connectivity index (χ1n) is 6.71. The van der Waals surface area contributed by atoms with Crippen molar-refractivity contribution >= 4 is 27.6 Å². The highest BCUT2D eigenvalue weighted by Gasteiger charge is 2.18. The summed E-state index contributed by atoms with van der Waals surface area (Å²) < 4.78 is 11.1. The Hall–Kier alpha value is -2.41. The fraction of sp³-hybridized carbons (Fsp3) is 0.188. The van der Waals surface area contributed by atoms with Crippen molar-refractivity contribution in [1.82, 2.24) is 0 Å². The van der Waals surface area contributed by atoms with Gasteiger partial charge in [0, 0.05) is 16.6 Å². The topological polar surface area (TPSA) is 78.7 Å². The van der Waals surface area contributed by atoms with Gasteiger partial charge in [0.15, 0.2) is 0 Å². The van der Waals surface area contributed by atoms with E-state index in [4.69, 9.17) is 9.47 Å². The van der Waals surface area contributed by atoms with E-state index in [0.29, 0.717) is 21.3 Å². The van der Waals surface area contributed by atoms with Crippen LogP contribution in [-0.2, 0) is 4.74 Å². The summed E-state index contributed by atoms with van der Waals surface area (Å²) in [5.41, 5.74) is 0.821. The lowest BCUT2D eigenvalue weighted by Gasteiger charge is -2.14. The van der Waals surface area contributed by atoms with Crippen LogP contribution in [-0.4, -0.2) is 18.0 Å². The van der Waals surface area contributed by atoms with E-state index in [1.165, 1.54) is 19.2 Å². The van der Waals surface area contributed by atoms with Gasteiger partial charge in [0.25, 0.3) is 5.69 Å². The summed E-state index contributed by atoms with van der Waals surface area (Å²) in [5.74, 6) is -0.0158. The molecule has 120 valence electrons. The predicted molar refractivity (Wildman–Crippen MR) is 87.6 cm³/mol. The number of rotatable bonds is 5. The molecule has 0 radical (unpaired) electrons. The summed E-state index contributed by atoms with van der Waals surface area (Å²) in [4.78, 5) is 22.6. The summed E-state index contributed by atoms with van der Waals surface area (Å²) in [6.45, 7) is 1.66. The Bertz CT molecular complexity index is 747. The van der Waals surface area contributed by atoms with E-state index in [1.807, 2.05) is 0 Å². The number of nitro benzene ring substituents is 1. The van der Waals surface area contributed by atoms with E-state index >= 15 is 0 Å². The van der Waals surface area contributed by atoms with Crippen molar-refractivity contribution in [3.05, 3.63) is 68.2 Å². The van der Waals surface area contributed by atoms with Gasteiger partial charge in [0.05, 0.1) is 17.6 Å². The molecule has 0 aliphatic rings. The molecule has 0 bridgehead atoms. The molecular formula is C16H14BrNO5. The zero-order valence-electron chi connectivity index (χ0n) is 12.5. The molecule has 0 fully saturated rings. The third kappa shape index (κ3) is 4.07. The molecule has 0 unspecified atom stereocenters. The van der Waals surface area contributed by atoms with Crippen LogP contribution in [0.1, 0.15) is 28.9 Å². The Morgan fingerprint density at radius 1 is 1.26 bits per heavy atom. The van der Waals surface area contributed by atoms with Crippen LogP contribution in [0.3, 0.4) is 0 Å². The minimum absolute atomic E-state index is 0.0482. The molecule has 0 aromatic heterocycles. The molecule has 0 aliphatic carbocycles. The number of hydrogen-bond donors (Lipinski definition) is 0. The maximum atomic E-state index is 12.3. The zero-order valence-corrected chi connectivity index (χ0v) is 14.1. The van der Waals surface area contributed by atoms with Gasteiger partial charge in [-0.2, -0.15) is 0 Å². The molecule has 0 spiro atoms. The fourth-order valence-corrected chi connectivity index (χ4v) is 2.38. The van der Waals surface area contributed by atoms with Crippen molar-refractivity contribution < 1.29 is 19.2 Å². The van der Waals surface area contributed by atoms with Crippen molar-refractivity contribution in [2.45, 2.75) is 13.0 Å². The van der Waals surface area contributed by atoms with Gasteiger partial charge in [0.1, 0.15) is 11.9 Å².